The van der Waals surface area contributed by atoms with E-state index in [1.54, 1.807) is 0 Å². The molecule has 1 aliphatic carbocycles. The second kappa shape index (κ2) is 4.82. The summed E-state index contributed by atoms with van der Waals surface area (Å²) in [5.41, 5.74) is 7.95. The van der Waals surface area contributed by atoms with Gasteiger partial charge in [0, 0.05) is 6.42 Å². The van der Waals surface area contributed by atoms with Crippen molar-refractivity contribution in [2.75, 3.05) is 0 Å². The zero-order valence-corrected chi connectivity index (χ0v) is 12.7. The minimum Gasteiger partial charge on any atom is -0.0619 e. The van der Waals surface area contributed by atoms with Crippen LogP contribution in [0.15, 0.2) is 84.9 Å². The summed E-state index contributed by atoms with van der Waals surface area (Å²) in [7, 11) is 0. The van der Waals surface area contributed by atoms with Crippen LogP contribution in [0.25, 0.3) is 33.0 Å². The third-order valence-electron chi connectivity index (χ3n) is 4.74. The molecule has 0 heteroatoms. The van der Waals surface area contributed by atoms with Crippen molar-refractivity contribution in [1.29, 1.82) is 0 Å². The summed E-state index contributed by atoms with van der Waals surface area (Å²) in [5, 5.41) is 2.60. The summed E-state index contributed by atoms with van der Waals surface area (Å²) in [6.07, 6.45) is 2.32. The Hall–Kier alpha value is -2.86. The predicted molar refractivity (Wildman–Crippen MR) is 97.3 cm³/mol. The molecule has 0 spiro atoms. The lowest BCUT2D eigenvalue weighted by Gasteiger charge is -2.11. The normalized spacial score (nSPS) is 12.2. The van der Waals surface area contributed by atoms with Gasteiger partial charge in [0.1, 0.15) is 0 Å². The molecule has 4 aromatic rings. The van der Waals surface area contributed by atoms with E-state index < -0.39 is 0 Å². The predicted octanol–water partition coefficient (Wildman–Crippen LogP) is 6.09. The Morgan fingerprint density at radius 1 is 0.435 bits per heavy atom. The molecule has 5 rings (SSSR count). The van der Waals surface area contributed by atoms with Crippen molar-refractivity contribution in [1.82, 2.24) is 0 Å². The summed E-state index contributed by atoms with van der Waals surface area (Å²) in [4.78, 5) is 0. The molecule has 0 heterocycles. The number of rotatable bonds is 1. The fraction of sp³-hybridized carbons (Fsp3) is 0. The average molecular weight is 291 g/mol. The maximum absolute atomic E-state index is 2.32. The Balaban J connectivity index is 1.80. The molecule has 0 unspecified atom stereocenters. The zero-order valence-electron chi connectivity index (χ0n) is 12.7. The number of hydrogen-bond donors (Lipinski definition) is 0. The maximum Gasteiger partial charge on any atom is 0.0218 e. The molecular weight excluding hydrogens is 276 g/mol. The summed E-state index contributed by atoms with van der Waals surface area (Å²) in [6.45, 7) is 0. The minimum atomic E-state index is 1.29. The summed E-state index contributed by atoms with van der Waals surface area (Å²) in [6, 6.07) is 30.5. The van der Waals surface area contributed by atoms with Gasteiger partial charge in [-0.3, -0.25) is 0 Å². The Bertz CT molecular complexity index is 1040. The fourth-order valence-corrected chi connectivity index (χ4v) is 3.67. The van der Waals surface area contributed by atoms with E-state index in [9.17, 15) is 0 Å². The first-order chi connectivity index (χ1) is 11.4. The van der Waals surface area contributed by atoms with Crippen LogP contribution in [0.1, 0.15) is 11.1 Å². The standard InChI is InChI=1S/C23H15/c1-3-10-18-16(7-1)9-5-12-20(18)22-14-6-13-21-19-11-4-2-8-17(19)15-23(21)22/h1-15H. The summed E-state index contributed by atoms with van der Waals surface area (Å²) < 4.78 is 0. The van der Waals surface area contributed by atoms with Crippen LogP contribution in [0.3, 0.4) is 0 Å². The second-order valence-electron chi connectivity index (χ2n) is 6.03. The van der Waals surface area contributed by atoms with Gasteiger partial charge in [0.25, 0.3) is 0 Å². The molecule has 0 fully saturated rings. The highest BCUT2D eigenvalue weighted by molar-refractivity contribution is 6.00. The molecule has 0 aliphatic heterocycles. The first-order valence-corrected chi connectivity index (χ1v) is 7.97. The van der Waals surface area contributed by atoms with E-state index in [4.69, 9.17) is 0 Å². The topological polar surface area (TPSA) is 0 Å². The summed E-state index contributed by atoms with van der Waals surface area (Å²) >= 11 is 0. The van der Waals surface area contributed by atoms with E-state index in [0.29, 0.717) is 0 Å². The molecule has 0 saturated heterocycles. The molecule has 0 bridgehead atoms. The molecular formula is C23H15. The van der Waals surface area contributed by atoms with E-state index in [0.717, 1.165) is 0 Å². The number of fused-ring (bicyclic) bond motifs is 4. The molecule has 0 amide bonds. The lowest BCUT2D eigenvalue weighted by atomic mass is 9.92. The molecule has 107 valence electrons. The Morgan fingerprint density at radius 2 is 1.04 bits per heavy atom. The highest BCUT2D eigenvalue weighted by atomic mass is 14.2. The van der Waals surface area contributed by atoms with Gasteiger partial charge in [-0.1, -0.05) is 84.9 Å². The van der Waals surface area contributed by atoms with E-state index in [2.05, 4.69) is 91.3 Å². The third-order valence-corrected chi connectivity index (χ3v) is 4.74. The van der Waals surface area contributed by atoms with Crippen LogP contribution in [0, 0.1) is 6.42 Å². The molecule has 0 atom stereocenters. The average Bonchev–Trinajstić information content (AvgIpc) is 3.00. The Morgan fingerprint density at radius 3 is 2.00 bits per heavy atom. The number of benzene rings is 4. The zero-order chi connectivity index (χ0) is 15.2. The minimum absolute atomic E-state index is 1.29. The van der Waals surface area contributed by atoms with Crippen molar-refractivity contribution in [2.24, 2.45) is 0 Å². The SMILES string of the molecule is [CH]1c2ccccc2-c2cccc(-c3cccc4ccccc34)c21. The van der Waals surface area contributed by atoms with Crippen molar-refractivity contribution in [3.05, 3.63) is 102 Å². The van der Waals surface area contributed by atoms with Gasteiger partial charge in [0.15, 0.2) is 0 Å². The van der Waals surface area contributed by atoms with Crippen molar-refractivity contribution in [3.63, 3.8) is 0 Å². The molecule has 0 saturated carbocycles. The van der Waals surface area contributed by atoms with E-state index >= 15 is 0 Å². The van der Waals surface area contributed by atoms with Crippen molar-refractivity contribution >= 4 is 10.8 Å². The van der Waals surface area contributed by atoms with Crippen LogP contribution in [0.5, 0.6) is 0 Å². The van der Waals surface area contributed by atoms with Gasteiger partial charge in [0.2, 0.25) is 0 Å². The highest BCUT2D eigenvalue weighted by Crippen LogP contribution is 2.43. The molecule has 1 radical (unpaired) electrons. The molecule has 4 aromatic carbocycles. The molecule has 0 N–H and O–H groups in total. The van der Waals surface area contributed by atoms with Gasteiger partial charge >= 0.3 is 0 Å². The lowest BCUT2D eigenvalue weighted by Crippen LogP contribution is -1.88. The lowest BCUT2D eigenvalue weighted by molar-refractivity contribution is 1.53. The maximum atomic E-state index is 2.32. The van der Waals surface area contributed by atoms with Crippen LogP contribution in [0.2, 0.25) is 0 Å². The van der Waals surface area contributed by atoms with Gasteiger partial charge in [-0.05, 0) is 44.2 Å². The van der Waals surface area contributed by atoms with Gasteiger partial charge in [-0.15, -0.1) is 0 Å². The van der Waals surface area contributed by atoms with Gasteiger partial charge in [0.05, 0.1) is 0 Å². The first kappa shape index (κ1) is 12.7. The molecule has 23 heavy (non-hydrogen) atoms. The molecule has 1 aliphatic rings. The fourth-order valence-electron chi connectivity index (χ4n) is 3.67. The summed E-state index contributed by atoms with van der Waals surface area (Å²) in [5.74, 6) is 0. The largest absolute Gasteiger partial charge is 0.0619 e. The van der Waals surface area contributed by atoms with E-state index in [-0.39, 0.29) is 0 Å². The van der Waals surface area contributed by atoms with E-state index in [1.165, 1.54) is 44.2 Å². The van der Waals surface area contributed by atoms with Crippen LogP contribution in [0.4, 0.5) is 0 Å². The van der Waals surface area contributed by atoms with Crippen LogP contribution >= 0.6 is 0 Å². The quantitative estimate of drug-likeness (QED) is 0.350. The van der Waals surface area contributed by atoms with Crippen molar-refractivity contribution in [3.8, 4) is 22.3 Å². The highest BCUT2D eigenvalue weighted by Gasteiger charge is 2.21. The van der Waals surface area contributed by atoms with Crippen LogP contribution < -0.4 is 0 Å². The van der Waals surface area contributed by atoms with Crippen molar-refractivity contribution < 1.29 is 0 Å². The van der Waals surface area contributed by atoms with Gasteiger partial charge in [-0.25, -0.2) is 0 Å². The second-order valence-corrected chi connectivity index (χ2v) is 6.03. The first-order valence-electron chi connectivity index (χ1n) is 7.97. The molecule has 0 nitrogen and oxygen atoms in total. The van der Waals surface area contributed by atoms with Crippen molar-refractivity contribution in [2.45, 2.75) is 0 Å². The number of hydrogen-bond acceptors (Lipinski definition) is 0. The van der Waals surface area contributed by atoms with E-state index in [1.807, 2.05) is 0 Å². The Labute approximate surface area is 136 Å². The Kier molecular flexibility index (Phi) is 2.65. The van der Waals surface area contributed by atoms with Gasteiger partial charge in [-0.2, -0.15) is 0 Å². The van der Waals surface area contributed by atoms with Crippen LogP contribution in [-0.2, 0) is 0 Å². The molecule has 0 aromatic heterocycles. The third kappa shape index (κ3) is 1.85. The van der Waals surface area contributed by atoms with Gasteiger partial charge < -0.3 is 0 Å². The smallest absolute Gasteiger partial charge is 0.0218 e. The monoisotopic (exact) mass is 291 g/mol. The van der Waals surface area contributed by atoms with Crippen LogP contribution in [-0.4, -0.2) is 0 Å².